The molecular weight excluding hydrogens is 438 g/mol. The number of anilines is 2. The number of carbonyl (C=O) groups is 1. The molecule has 1 fully saturated rings. The van der Waals surface area contributed by atoms with Gasteiger partial charge >= 0.3 is 12.2 Å². The van der Waals surface area contributed by atoms with Crippen molar-refractivity contribution in [3.8, 4) is 5.69 Å². The van der Waals surface area contributed by atoms with Crippen LogP contribution in [0.15, 0.2) is 49.1 Å². The maximum Gasteiger partial charge on any atom is 0.416 e. The van der Waals surface area contributed by atoms with Crippen molar-refractivity contribution in [3.63, 3.8) is 0 Å². The fraction of sp³-hybridized carbons (Fsp3) is 0.300. The zero-order chi connectivity index (χ0) is 24.0. The Bertz CT molecular complexity index is 1170. The summed E-state index contributed by atoms with van der Waals surface area (Å²) in [7, 11) is 3.05. The summed E-state index contributed by atoms with van der Waals surface area (Å²) in [4.78, 5) is 27.9. The summed E-state index contributed by atoms with van der Waals surface area (Å²) in [6.45, 7) is 1.89. The smallest absolute Gasteiger partial charge is 0.377 e. The molecule has 2 N–H and O–H groups in total. The molecule has 2 atom stereocenters. The first-order valence-electron chi connectivity index (χ1n) is 10.0. The van der Waals surface area contributed by atoms with E-state index in [1.807, 2.05) is 6.92 Å². The van der Waals surface area contributed by atoms with Crippen molar-refractivity contribution >= 4 is 25.6 Å². The maximum atomic E-state index is 12.8. The summed E-state index contributed by atoms with van der Waals surface area (Å²) >= 11 is 0. The number of hydrogen-bond donors (Lipinski definition) is 2. The second kappa shape index (κ2) is 8.07. The molecule has 172 valence electrons. The zero-order valence-electron chi connectivity index (χ0n) is 18.1. The van der Waals surface area contributed by atoms with E-state index in [2.05, 4.69) is 20.3 Å². The highest BCUT2D eigenvalue weighted by Crippen LogP contribution is 2.30. The highest BCUT2D eigenvalue weighted by molar-refractivity contribution is 6.18. The van der Waals surface area contributed by atoms with Gasteiger partial charge in [0.25, 0.3) is 0 Å². The molecule has 33 heavy (non-hydrogen) atoms. The van der Waals surface area contributed by atoms with Crippen LogP contribution in [-0.4, -0.2) is 62.6 Å². The molecule has 1 saturated heterocycles. The molecule has 2 amide bonds. The third-order valence-electron chi connectivity index (χ3n) is 5.50. The van der Waals surface area contributed by atoms with Crippen molar-refractivity contribution in [3.05, 3.63) is 60.3 Å². The van der Waals surface area contributed by atoms with Crippen LogP contribution in [0.5, 0.6) is 0 Å². The summed E-state index contributed by atoms with van der Waals surface area (Å²) in [6.07, 6.45) is 0.309. The second-order valence-corrected chi connectivity index (χ2v) is 8.00. The fourth-order valence-corrected chi connectivity index (χ4v) is 3.40. The van der Waals surface area contributed by atoms with Gasteiger partial charge in [-0.15, -0.1) is 0 Å². The Morgan fingerprint density at radius 2 is 1.91 bits per heavy atom. The number of amides is 2. The van der Waals surface area contributed by atoms with E-state index in [1.54, 1.807) is 24.7 Å². The number of alkyl halides is 3. The highest BCUT2D eigenvalue weighted by atomic mass is 19.4. The predicted molar refractivity (Wildman–Crippen MR) is 117 cm³/mol. The number of β-amino-alcohol motifs (C(OH)–C–C–N with tert-alkyl or cyclic N) is 1. The SMILES string of the molecule is BC1(O)CN(c2ccnc(NC(C)c3cn(-c4ccc(C(F)(F)F)cc4)cn3)n2)C(=O)N1C. The zero-order valence-corrected chi connectivity index (χ0v) is 18.1. The van der Waals surface area contributed by atoms with Gasteiger partial charge in [-0.05, 0) is 37.3 Å². The van der Waals surface area contributed by atoms with E-state index < -0.39 is 17.4 Å². The van der Waals surface area contributed by atoms with Crippen molar-refractivity contribution < 1.29 is 23.1 Å². The number of carbonyl (C=O) groups excluding carboxylic acids is 1. The quantitative estimate of drug-likeness (QED) is 0.567. The molecule has 1 aliphatic rings. The molecule has 0 saturated carbocycles. The van der Waals surface area contributed by atoms with Crippen molar-refractivity contribution in [1.29, 1.82) is 0 Å². The summed E-state index contributed by atoms with van der Waals surface area (Å²) in [6, 6.07) is 5.64. The third-order valence-corrected chi connectivity index (χ3v) is 5.50. The number of aromatic nitrogens is 4. The van der Waals surface area contributed by atoms with Gasteiger partial charge in [0.2, 0.25) is 5.95 Å². The first-order chi connectivity index (χ1) is 15.5. The van der Waals surface area contributed by atoms with Crippen molar-refractivity contribution in [2.45, 2.75) is 24.8 Å². The Morgan fingerprint density at radius 3 is 2.52 bits per heavy atom. The molecule has 1 aromatic carbocycles. The molecule has 0 spiro atoms. The Morgan fingerprint density at radius 1 is 1.21 bits per heavy atom. The number of likely N-dealkylation sites (N-methyl/N-ethyl adjacent to an activating group) is 1. The monoisotopic (exact) mass is 459 g/mol. The Hall–Kier alpha value is -3.61. The fourth-order valence-electron chi connectivity index (χ4n) is 3.40. The molecule has 1 aliphatic heterocycles. The van der Waals surface area contributed by atoms with Gasteiger partial charge in [-0.25, -0.2) is 14.8 Å². The van der Waals surface area contributed by atoms with Gasteiger partial charge in [0.05, 0.1) is 30.2 Å². The standard InChI is InChI=1S/C20H21BF3N7O2/c1-12(15-9-30(11-26-15)14-5-3-13(4-6-14)20(22,23)24)27-17-25-8-7-16(28-17)31-10-19(21,33)29(2)18(31)32/h3-9,11-12,33H,10,21H2,1-2H3,(H,25,27,28). The van der Waals surface area contributed by atoms with E-state index in [-0.39, 0.29) is 24.6 Å². The van der Waals surface area contributed by atoms with Crippen LogP contribution in [0.3, 0.4) is 0 Å². The molecule has 0 aliphatic carbocycles. The van der Waals surface area contributed by atoms with E-state index in [1.165, 1.54) is 41.5 Å². The Balaban J connectivity index is 1.48. The van der Waals surface area contributed by atoms with Crippen LogP contribution in [-0.2, 0) is 6.18 Å². The average Bonchev–Trinajstić information content (AvgIpc) is 3.33. The van der Waals surface area contributed by atoms with E-state index in [0.29, 0.717) is 17.2 Å². The highest BCUT2D eigenvalue weighted by Gasteiger charge is 2.43. The first-order valence-corrected chi connectivity index (χ1v) is 10.0. The number of nitrogens with one attached hydrogen (secondary N) is 1. The Labute approximate surface area is 188 Å². The van der Waals surface area contributed by atoms with Gasteiger partial charge in [0, 0.05) is 25.1 Å². The number of aliphatic hydroxyl groups is 1. The van der Waals surface area contributed by atoms with E-state index >= 15 is 0 Å². The van der Waals surface area contributed by atoms with Crippen molar-refractivity contribution in [2.24, 2.45) is 0 Å². The molecule has 2 aromatic heterocycles. The van der Waals surface area contributed by atoms with Crippen LogP contribution in [0.4, 0.5) is 29.7 Å². The minimum Gasteiger partial charge on any atom is -0.377 e. The topological polar surface area (TPSA) is 99.4 Å². The van der Waals surface area contributed by atoms with Crippen LogP contribution >= 0.6 is 0 Å². The molecule has 9 nitrogen and oxygen atoms in total. The molecule has 0 bridgehead atoms. The van der Waals surface area contributed by atoms with Gasteiger partial charge in [-0.3, -0.25) is 4.90 Å². The predicted octanol–water partition coefficient (Wildman–Crippen LogP) is 2.01. The average molecular weight is 459 g/mol. The molecule has 3 heterocycles. The minimum absolute atomic E-state index is 0.0614. The number of urea groups is 1. The summed E-state index contributed by atoms with van der Waals surface area (Å²) in [5, 5.41) is 13.4. The molecule has 0 radical (unpaired) electrons. The molecule has 13 heteroatoms. The number of benzene rings is 1. The summed E-state index contributed by atoms with van der Waals surface area (Å²) in [5.74, 6) is 0.593. The lowest BCUT2D eigenvalue weighted by Crippen LogP contribution is -2.45. The maximum absolute atomic E-state index is 12.8. The lowest BCUT2D eigenvalue weighted by molar-refractivity contribution is -0.137. The van der Waals surface area contributed by atoms with Gasteiger partial charge < -0.3 is 19.9 Å². The number of halogens is 3. The van der Waals surface area contributed by atoms with Crippen LogP contribution in [0, 0.1) is 0 Å². The van der Waals surface area contributed by atoms with Crippen LogP contribution in [0.25, 0.3) is 5.69 Å². The Kier molecular flexibility index (Phi) is 5.52. The molecule has 4 rings (SSSR count). The third kappa shape index (κ3) is 4.49. The second-order valence-electron chi connectivity index (χ2n) is 8.00. The minimum atomic E-state index is -4.39. The number of imidazole rings is 1. The lowest BCUT2D eigenvalue weighted by atomic mass is 9.91. The first kappa shape index (κ1) is 22.6. The van der Waals surface area contributed by atoms with Crippen LogP contribution < -0.4 is 10.2 Å². The lowest BCUT2D eigenvalue weighted by Gasteiger charge is -2.23. The van der Waals surface area contributed by atoms with E-state index in [4.69, 9.17) is 0 Å². The van der Waals surface area contributed by atoms with Crippen LogP contribution in [0.2, 0.25) is 0 Å². The summed E-state index contributed by atoms with van der Waals surface area (Å²) < 4.78 is 39.9. The normalized spacial score (nSPS) is 19.8. The number of rotatable bonds is 5. The van der Waals surface area contributed by atoms with Gasteiger partial charge in [-0.2, -0.15) is 18.2 Å². The number of nitrogens with zero attached hydrogens (tertiary/aromatic N) is 6. The van der Waals surface area contributed by atoms with Gasteiger partial charge in [0.15, 0.2) is 7.85 Å². The van der Waals surface area contributed by atoms with Gasteiger partial charge in [-0.1, -0.05) is 0 Å². The molecule has 2 unspecified atom stereocenters. The van der Waals surface area contributed by atoms with Gasteiger partial charge in [0.1, 0.15) is 11.4 Å². The summed E-state index contributed by atoms with van der Waals surface area (Å²) in [5.41, 5.74) is -0.879. The molecule has 3 aromatic rings. The van der Waals surface area contributed by atoms with Crippen molar-refractivity contribution in [2.75, 3.05) is 23.8 Å². The largest absolute Gasteiger partial charge is 0.416 e. The van der Waals surface area contributed by atoms with Crippen LogP contribution in [0.1, 0.15) is 24.2 Å². The number of hydrogen-bond acceptors (Lipinski definition) is 6. The molecular formula is C20H21BF3N7O2. The van der Waals surface area contributed by atoms with E-state index in [0.717, 1.165) is 12.1 Å². The van der Waals surface area contributed by atoms with Crippen molar-refractivity contribution in [1.82, 2.24) is 24.4 Å². The van der Waals surface area contributed by atoms with E-state index in [9.17, 15) is 23.1 Å².